The topological polar surface area (TPSA) is 50.3 Å². The van der Waals surface area contributed by atoms with Crippen LogP contribution in [0.2, 0.25) is 0 Å². The van der Waals surface area contributed by atoms with Crippen LogP contribution in [0.5, 0.6) is 5.88 Å². The van der Waals surface area contributed by atoms with Crippen molar-refractivity contribution in [3.05, 3.63) is 54.0 Å². The van der Waals surface area contributed by atoms with Crippen LogP contribution in [0.15, 0.2) is 42.7 Å². The lowest BCUT2D eigenvalue weighted by Crippen LogP contribution is -2.47. The molecule has 1 aliphatic heterocycles. The molecule has 1 N–H and O–H groups in total. The van der Waals surface area contributed by atoms with Crippen LogP contribution < -0.4 is 10.1 Å². The van der Waals surface area contributed by atoms with E-state index >= 15 is 0 Å². The van der Waals surface area contributed by atoms with Crippen LogP contribution in [0.3, 0.4) is 0 Å². The molecule has 0 unspecified atom stereocenters. The van der Waals surface area contributed by atoms with Crippen LogP contribution >= 0.6 is 0 Å². The van der Waals surface area contributed by atoms with Crippen molar-refractivity contribution in [1.29, 1.82) is 0 Å². The van der Waals surface area contributed by atoms with Gasteiger partial charge in [-0.25, -0.2) is 4.98 Å². The van der Waals surface area contributed by atoms with E-state index in [1.165, 1.54) is 5.56 Å². The highest BCUT2D eigenvalue weighted by molar-refractivity contribution is 5.17. The van der Waals surface area contributed by atoms with E-state index in [0.29, 0.717) is 17.8 Å². The molecule has 0 aliphatic carbocycles. The number of nitrogens with zero attached hydrogens (tertiary/aromatic N) is 3. The Balaban J connectivity index is 1.46. The fraction of sp³-hybridized carbons (Fsp3) is 0.474. The molecule has 2 aromatic rings. The normalized spacial score (nSPS) is 21.6. The van der Waals surface area contributed by atoms with Gasteiger partial charge < -0.3 is 10.1 Å². The molecule has 0 radical (unpaired) electrons. The van der Waals surface area contributed by atoms with Crippen molar-refractivity contribution in [2.45, 2.75) is 32.5 Å². The van der Waals surface area contributed by atoms with Gasteiger partial charge in [0.1, 0.15) is 0 Å². The molecule has 3 heterocycles. The fourth-order valence-corrected chi connectivity index (χ4v) is 3.28. The van der Waals surface area contributed by atoms with Gasteiger partial charge >= 0.3 is 0 Å². The van der Waals surface area contributed by atoms with E-state index in [-0.39, 0.29) is 0 Å². The third-order valence-electron chi connectivity index (χ3n) is 4.68. The molecule has 0 bridgehead atoms. The summed E-state index contributed by atoms with van der Waals surface area (Å²) in [6, 6.07) is 10.7. The molecule has 0 saturated carbocycles. The van der Waals surface area contributed by atoms with Crippen molar-refractivity contribution in [2.24, 2.45) is 5.92 Å². The molecule has 5 nitrogen and oxygen atoms in total. The first kappa shape index (κ1) is 16.9. The van der Waals surface area contributed by atoms with Crippen LogP contribution in [-0.2, 0) is 13.1 Å². The monoisotopic (exact) mass is 326 g/mol. The Kier molecular flexibility index (Phi) is 5.77. The van der Waals surface area contributed by atoms with Gasteiger partial charge in [0.2, 0.25) is 5.88 Å². The zero-order chi connectivity index (χ0) is 16.8. The number of piperidine rings is 1. The molecular formula is C19H26N4O. The molecule has 128 valence electrons. The van der Waals surface area contributed by atoms with Crippen molar-refractivity contribution in [1.82, 2.24) is 20.2 Å². The van der Waals surface area contributed by atoms with Crippen LogP contribution in [-0.4, -0.2) is 41.1 Å². The smallest absolute Gasteiger partial charge is 0.212 e. The van der Waals surface area contributed by atoms with E-state index in [1.807, 2.05) is 24.5 Å². The lowest BCUT2D eigenvalue weighted by atomic mass is 9.93. The van der Waals surface area contributed by atoms with Crippen molar-refractivity contribution >= 4 is 0 Å². The number of methoxy groups -OCH3 is 1. The van der Waals surface area contributed by atoms with Gasteiger partial charge in [-0.05, 0) is 30.0 Å². The zero-order valence-electron chi connectivity index (χ0n) is 14.5. The summed E-state index contributed by atoms with van der Waals surface area (Å²) in [5.74, 6) is 1.28. The Hall–Kier alpha value is -1.98. The highest BCUT2D eigenvalue weighted by Gasteiger charge is 2.25. The summed E-state index contributed by atoms with van der Waals surface area (Å²) in [5.41, 5.74) is 2.35. The largest absolute Gasteiger partial charge is 0.481 e. The minimum absolute atomic E-state index is 0.548. The number of rotatable bonds is 6. The average molecular weight is 326 g/mol. The Morgan fingerprint density at radius 1 is 1.25 bits per heavy atom. The van der Waals surface area contributed by atoms with Gasteiger partial charge in [-0.15, -0.1) is 0 Å². The molecule has 0 aromatic carbocycles. The molecule has 1 fully saturated rings. The quantitative estimate of drug-likeness (QED) is 0.884. The molecule has 24 heavy (non-hydrogen) atoms. The maximum Gasteiger partial charge on any atom is 0.212 e. The van der Waals surface area contributed by atoms with Gasteiger partial charge in [0.15, 0.2) is 0 Å². The summed E-state index contributed by atoms with van der Waals surface area (Å²) in [6.45, 7) is 6.34. The third-order valence-corrected chi connectivity index (χ3v) is 4.68. The van der Waals surface area contributed by atoms with Gasteiger partial charge in [-0.1, -0.05) is 19.1 Å². The highest BCUT2D eigenvalue weighted by atomic mass is 16.5. The van der Waals surface area contributed by atoms with E-state index in [4.69, 9.17) is 4.74 Å². The maximum absolute atomic E-state index is 5.10. The first-order valence-electron chi connectivity index (χ1n) is 8.59. The molecular weight excluding hydrogens is 300 g/mol. The lowest BCUT2D eigenvalue weighted by molar-refractivity contribution is 0.139. The van der Waals surface area contributed by atoms with E-state index in [9.17, 15) is 0 Å². The van der Waals surface area contributed by atoms with E-state index in [0.717, 1.165) is 38.3 Å². The van der Waals surface area contributed by atoms with Crippen molar-refractivity contribution < 1.29 is 4.74 Å². The van der Waals surface area contributed by atoms with Crippen LogP contribution in [0.1, 0.15) is 24.6 Å². The second kappa shape index (κ2) is 8.22. The van der Waals surface area contributed by atoms with Gasteiger partial charge in [0.05, 0.1) is 12.8 Å². The summed E-state index contributed by atoms with van der Waals surface area (Å²) in [7, 11) is 1.64. The lowest BCUT2D eigenvalue weighted by Gasteiger charge is -2.37. The Morgan fingerprint density at radius 3 is 2.83 bits per heavy atom. The van der Waals surface area contributed by atoms with Crippen LogP contribution in [0, 0.1) is 5.92 Å². The second-order valence-electron chi connectivity index (χ2n) is 6.52. The number of hydrogen-bond acceptors (Lipinski definition) is 5. The number of ether oxygens (including phenoxy) is 1. The fourth-order valence-electron chi connectivity index (χ4n) is 3.28. The second-order valence-corrected chi connectivity index (χ2v) is 6.52. The molecule has 1 aliphatic rings. The molecule has 0 amide bonds. The number of likely N-dealkylation sites (tertiary alicyclic amines) is 1. The van der Waals surface area contributed by atoms with Crippen LogP contribution in [0.4, 0.5) is 0 Å². The number of aromatic nitrogens is 2. The summed E-state index contributed by atoms with van der Waals surface area (Å²) in [5, 5.41) is 3.69. The van der Waals surface area contributed by atoms with Crippen molar-refractivity contribution in [3.8, 4) is 5.88 Å². The predicted octanol–water partition coefficient (Wildman–Crippen LogP) is 2.49. The maximum atomic E-state index is 5.10. The highest BCUT2D eigenvalue weighted by Crippen LogP contribution is 2.19. The van der Waals surface area contributed by atoms with Crippen molar-refractivity contribution in [2.75, 3.05) is 20.2 Å². The van der Waals surface area contributed by atoms with E-state index in [2.05, 4.69) is 45.3 Å². The van der Waals surface area contributed by atoms with Gasteiger partial charge in [0.25, 0.3) is 0 Å². The Labute approximate surface area is 144 Å². The third kappa shape index (κ3) is 4.52. The van der Waals surface area contributed by atoms with Gasteiger partial charge in [-0.2, -0.15) is 0 Å². The standard InChI is InChI=1S/C19H26N4O/c1-15-13-23(14-17-5-3-4-9-20-17)10-8-18(15)21-11-16-6-7-19(24-2)22-12-16/h3-7,9,12,15,18,21H,8,10-11,13-14H2,1-2H3/t15-,18+/m1/s1. The summed E-state index contributed by atoms with van der Waals surface area (Å²) >= 11 is 0. The van der Waals surface area contributed by atoms with Crippen LogP contribution in [0.25, 0.3) is 0 Å². The summed E-state index contributed by atoms with van der Waals surface area (Å²) in [4.78, 5) is 11.2. The van der Waals surface area contributed by atoms with E-state index in [1.54, 1.807) is 7.11 Å². The number of pyridine rings is 2. The molecule has 3 rings (SSSR count). The average Bonchev–Trinajstić information content (AvgIpc) is 2.62. The predicted molar refractivity (Wildman–Crippen MR) is 94.7 cm³/mol. The van der Waals surface area contributed by atoms with E-state index < -0.39 is 0 Å². The molecule has 5 heteroatoms. The molecule has 2 atom stereocenters. The molecule has 1 saturated heterocycles. The first-order valence-corrected chi connectivity index (χ1v) is 8.59. The summed E-state index contributed by atoms with van der Waals surface area (Å²) in [6.07, 6.45) is 4.92. The Bertz CT molecular complexity index is 617. The number of hydrogen-bond donors (Lipinski definition) is 1. The number of nitrogens with one attached hydrogen (secondary N) is 1. The Morgan fingerprint density at radius 2 is 2.17 bits per heavy atom. The first-order chi connectivity index (χ1) is 11.7. The minimum atomic E-state index is 0.548. The van der Waals surface area contributed by atoms with Gasteiger partial charge in [0, 0.05) is 50.7 Å². The summed E-state index contributed by atoms with van der Waals surface area (Å²) < 4.78 is 5.10. The minimum Gasteiger partial charge on any atom is -0.481 e. The SMILES string of the molecule is COc1ccc(CN[C@H]2CCN(Cc3ccccn3)C[C@H]2C)cn1. The molecule has 2 aromatic heterocycles. The zero-order valence-corrected chi connectivity index (χ0v) is 14.5. The van der Waals surface area contributed by atoms with Gasteiger partial charge in [-0.3, -0.25) is 9.88 Å². The van der Waals surface area contributed by atoms with Crippen molar-refractivity contribution in [3.63, 3.8) is 0 Å². The molecule has 0 spiro atoms.